The quantitative estimate of drug-likeness (QED) is 0.268. The van der Waals surface area contributed by atoms with E-state index < -0.39 is 35.5 Å². The SMILES string of the molecule is C#C[C@@]1(O)CC[C@@H]2[C@@H]3CCC4=C/C(=N\OCC(=O)N[C@H](C(=O)N[C@H](C)C(=O)O)C(C)C)CC[C@]4(C)[C@H]3CC[C@@]21C. The van der Waals surface area contributed by atoms with Gasteiger partial charge in [-0.3, -0.25) is 14.4 Å². The summed E-state index contributed by atoms with van der Waals surface area (Å²) in [4.78, 5) is 41.4. The van der Waals surface area contributed by atoms with Crippen LogP contribution < -0.4 is 10.6 Å². The lowest BCUT2D eigenvalue weighted by Gasteiger charge is -2.58. The van der Waals surface area contributed by atoms with Gasteiger partial charge in [-0.05, 0) is 93.5 Å². The van der Waals surface area contributed by atoms with Gasteiger partial charge in [-0.15, -0.1) is 6.42 Å². The number of nitrogens with zero attached hydrogens (tertiary/aromatic N) is 1. The lowest BCUT2D eigenvalue weighted by atomic mass is 9.46. The molecule has 0 heterocycles. The van der Waals surface area contributed by atoms with Crippen LogP contribution in [0.4, 0.5) is 0 Å². The van der Waals surface area contributed by atoms with Gasteiger partial charge in [0.25, 0.3) is 5.91 Å². The molecule has 4 N–H and O–H groups in total. The molecule has 0 aromatic rings. The van der Waals surface area contributed by atoms with Crippen LogP contribution in [0.5, 0.6) is 0 Å². The van der Waals surface area contributed by atoms with E-state index in [-0.39, 0.29) is 23.4 Å². The van der Waals surface area contributed by atoms with Crippen molar-refractivity contribution in [3.8, 4) is 12.3 Å². The summed E-state index contributed by atoms with van der Waals surface area (Å²) in [7, 11) is 0. The fraction of sp³-hybridized carbons (Fsp3) is 0.742. The minimum Gasteiger partial charge on any atom is -0.480 e. The number of aliphatic hydroxyl groups is 1. The molecule has 4 aliphatic rings. The van der Waals surface area contributed by atoms with Gasteiger partial charge in [0, 0.05) is 5.41 Å². The average molecular weight is 556 g/mol. The van der Waals surface area contributed by atoms with Crippen molar-refractivity contribution >= 4 is 23.5 Å². The molecular formula is C31H45N3O6. The summed E-state index contributed by atoms with van der Waals surface area (Å²) in [6, 6.07) is -1.94. The molecule has 0 spiro atoms. The maximum atomic E-state index is 12.5. The molecule has 3 saturated carbocycles. The first-order valence-electron chi connectivity index (χ1n) is 14.7. The zero-order valence-corrected chi connectivity index (χ0v) is 24.5. The van der Waals surface area contributed by atoms with Crippen molar-refractivity contribution in [3.05, 3.63) is 11.6 Å². The Kier molecular flexibility index (Phi) is 8.43. The zero-order valence-electron chi connectivity index (χ0n) is 24.5. The van der Waals surface area contributed by atoms with Crippen molar-refractivity contribution in [2.24, 2.45) is 39.7 Å². The molecule has 0 bridgehead atoms. The van der Waals surface area contributed by atoms with Crippen LogP contribution in [-0.4, -0.2) is 58.0 Å². The molecule has 3 fully saturated rings. The highest BCUT2D eigenvalue weighted by Gasteiger charge is 2.63. The molecule has 40 heavy (non-hydrogen) atoms. The van der Waals surface area contributed by atoms with Gasteiger partial charge in [-0.25, -0.2) is 0 Å². The van der Waals surface area contributed by atoms with Crippen molar-refractivity contribution < 1.29 is 29.4 Å². The second kappa shape index (κ2) is 11.2. The molecule has 220 valence electrons. The van der Waals surface area contributed by atoms with Crippen LogP contribution in [0.25, 0.3) is 0 Å². The molecule has 0 saturated heterocycles. The number of rotatable bonds is 8. The first kappa shape index (κ1) is 30.1. The van der Waals surface area contributed by atoms with E-state index in [0.29, 0.717) is 24.2 Å². The molecule has 0 aliphatic heterocycles. The Bertz CT molecular complexity index is 1140. The van der Waals surface area contributed by atoms with E-state index in [1.165, 1.54) is 12.5 Å². The molecular weight excluding hydrogens is 510 g/mol. The van der Waals surface area contributed by atoms with Crippen molar-refractivity contribution in [1.82, 2.24) is 10.6 Å². The predicted molar refractivity (Wildman–Crippen MR) is 151 cm³/mol. The van der Waals surface area contributed by atoms with Gasteiger partial charge in [0.15, 0.2) is 6.61 Å². The molecule has 0 radical (unpaired) electrons. The molecule has 4 rings (SSSR count). The minimum atomic E-state index is -1.15. The van der Waals surface area contributed by atoms with Crippen molar-refractivity contribution in [1.29, 1.82) is 0 Å². The highest BCUT2D eigenvalue weighted by molar-refractivity contribution is 5.96. The van der Waals surface area contributed by atoms with Crippen LogP contribution in [-0.2, 0) is 19.2 Å². The van der Waals surface area contributed by atoms with E-state index in [0.717, 1.165) is 50.7 Å². The summed E-state index contributed by atoms with van der Waals surface area (Å²) in [5.74, 6) is 1.88. The topological polar surface area (TPSA) is 137 Å². The number of amides is 2. The molecule has 8 atom stereocenters. The number of carbonyl (C=O) groups is 3. The van der Waals surface area contributed by atoms with Gasteiger partial charge in [0.1, 0.15) is 17.7 Å². The van der Waals surface area contributed by atoms with Gasteiger partial charge in [0.05, 0.1) is 5.71 Å². The molecule has 0 unspecified atom stereocenters. The summed E-state index contributed by atoms with van der Waals surface area (Å²) in [5.41, 5.74) is 1.09. The third kappa shape index (κ3) is 5.27. The monoisotopic (exact) mass is 555 g/mol. The van der Waals surface area contributed by atoms with Gasteiger partial charge in [-0.2, -0.15) is 0 Å². The van der Waals surface area contributed by atoms with Gasteiger partial charge < -0.3 is 25.7 Å². The molecule has 9 heteroatoms. The smallest absolute Gasteiger partial charge is 0.325 e. The highest BCUT2D eigenvalue weighted by Crippen LogP contribution is 2.67. The average Bonchev–Trinajstić information content (AvgIpc) is 3.18. The largest absolute Gasteiger partial charge is 0.480 e. The van der Waals surface area contributed by atoms with Gasteiger partial charge in [-0.1, -0.05) is 44.3 Å². The number of carboxylic acid groups (broad SMARTS) is 1. The number of allylic oxidation sites excluding steroid dienone is 2. The van der Waals surface area contributed by atoms with Crippen LogP contribution in [0, 0.1) is 46.8 Å². The van der Waals surface area contributed by atoms with Crippen LogP contribution in [0.2, 0.25) is 0 Å². The maximum absolute atomic E-state index is 12.5. The second-order valence-electron chi connectivity index (χ2n) is 13.2. The van der Waals surface area contributed by atoms with E-state index in [4.69, 9.17) is 16.4 Å². The highest BCUT2D eigenvalue weighted by atomic mass is 16.6. The van der Waals surface area contributed by atoms with Gasteiger partial charge in [0.2, 0.25) is 5.91 Å². The van der Waals surface area contributed by atoms with Crippen molar-refractivity contribution in [2.45, 2.75) is 104 Å². The number of nitrogens with one attached hydrogen (secondary N) is 2. The van der Waals surface area contributed by atoms with E-state index >= 15 is 0 Å². The summed E-state index contributed by atoms with van der Waals surface area (Å²) in [5, 5.41) is 29.5. The molecule has 4 aliphatic carbocycles. The fourth-order valence-electron chi connectivity index (χ4n) is 8.18. The summed E-state index contributed by atoms with van der Waals surface area (Å²) >= 11 is 0. The number of aliphatic carboxylic acids is 1. The number of oxime groups is 1. The molecule has 0 aromatic heterocycles. The molecule has 2 amide bonds. The van der Waals surface area contributed by atoms with Crippen LogP contribution in [0.1, 0.15) is 86.0 Å². The standard InChI is InChI=1S/C31H45N3O6/c1-7-31(39)15-12-24-22-9-8-20-16-21(10-13-29(20,5)23(22)11-14-30(24,31)6)34-40-17-25(35)33-26(18(2)3)27(36)32-19(4)28(37)38/h1,16,18-19,22-24,26,39H,8-15,17H2,2-6H3,(H,32,36)(H,33,35)(H,37,38)/b34-21-/t19-,22-,23+,24-,26+,29+,30+,31-/m1/s1. The lowest BCUT2D eigenvalue weighted by Crippen LogP contribution is -2.54. The summed E-state index contributed by atoms with van der Waals surface area (Å²) in [6.07, 6.45) is 15.5. The van der Waals surface area contributed by atoms with Crippen LogP contribution in [0.3, 0.4) is 0 Å². The molecule has 0 aromatic carbocycles. The number of hydrogen-bond donors (Lipinski definition) is 4. The predicted octanol–water partition coefficient (Wildman–Crippen LogP) is 3.42. The third-order valence-corrected chi connectivity index (χ3v) is 10.7. The Labute approximate surface area is 237 Å². The zero-order chi connectivity index (χ0) is 29.5. The number of carbonyl (C=O) groups excluding carboxylic acids is 2. The van der Waals surface area contributed by atoms with Gasteiger partial charge >= 0.3 is 5.97 Å². The second-order valence-corrected chi connectivity index (χ2v) is 13.2. The Hall–Kier alpha value is -2.86. The van der Waals surface area contributed by atoms with Crippen LogP contribution in [0.15, 0.2) is 16.8 Å². The minimum absolute atomic E-state index is 0.0857. The fourth-order valence-corrected chi connectivity index (χ4v) is 8.18. The maximum Gasteiger partial charge on any atom is 0.325 e. The van der Waals surface area contributed by atoms with E-state index in [2.05, 4.69) is 41.6 Å². The Morgan fingerprint density at radius 3 is 2.45 bits per heavy atom. The summed E-state index contributed by atoms with van der Waals surface area (Å²) in [6.45, 7) is 9.16. The number of terminal acetylenes is 1. The first-order chi connectivity index (χ1) is 18.8. The van der Waals surface area contributed by atoms with E-state index in [1.54, 1.807) is 13.8 Å². The van der Waals surface area contributed by atoms with Crippen molar-refractivity contribution in [3.63, 3.8) is 0 Å². The Morgan fingerprint density at radius 2 is 1.80 bits per heavy atom. The summed E-state index contributed by atoms with van der Waals surface area (Å²) < 4.78 is 0. The normalized spacial score (nSPS) is 37.2. The molecule has 9 nitrogen and oxygen atoms in total. The van der Waals surface area contributed by atoms with Crippen molar-refractivity contribution in [2.75, 3.05) is 6.61 Å². The van der Waals surface area contributed by atoms with Crippen LogP contribution >= 0.6 is 0 Å². The van der Waals surface area contributed by atoms with E-state index in [9.17, 15) is 19.5 Å². The first-order valence-corrected chi connectivity index (χ1v) is 14.7. The lowest BCUT2D eigenvalue weighted by molar-refractivity contribution is -0.142. The number of carboxylic acids is 1. The Morgan fingerprint density at radius 1 is 1.10 bits per heavy atom. The Balaban J connectivity index is 1.36. The third-order valence-electron chi connectivity index (χ3n) is 10.7. The number of hydrogen-bond acceptors (Lipinski definition) is 6. The number of fused-ring (bicyclic) bond motifs is 5. The van der Waals surface area contributed by atoms with E-state index in [1.807, 2.05) is 0 Å².